The third kappa shape index (κ3) is 78.3. The minimum absolute atomic E-state index is 0.0401. The second kappa shape index (κ2) is 79.3. The molecule has 0 saturated carbocycles. The Bertz CT molecular complexity index is 2760. The highest BCUT2D eigenvalue weighted by atomic mass is 31.2. The van der Waals surface area contributed by atoms with E-state index in [0.717, 1.165) is 199 Å². The molecule has 3 N–H and O–H groups in total. The van der Waals surface area contributed by atoms with Gasteiger partial charge in [0.05, 0.1) is 26.4 Å². The van der Waals surface area contributed by atoms with Crippen LogP contribution in [0.1, 0.15) is 297 Å². The molecular formula is C89H144O17P2. The molecule has 0 spiro atoms. The molecule has 0 fully saturated rings. The van der Waals surface area contributed by atoms with E-state index in [1.807, 2.05) is 0 Å². The lowest BCUT2D eigenvalue weighted by atomic mass is 10.1. The van der Waals surface area contributed by atoms with Crippen LogP contribution < -0.4 is 0 Å². The number of phosphoric ester groups is 2. The number of allylic oxidation sites excluding steroid dienone is 30. The summed E-state index contributed by atoms with van der Waals surface area (Å²) < 4.78 is 68.6. The van der Waals surface area contributed by atoms with Gasteiger partial charge < -0.3 is 33.8 Å². The molecule has 0 heterocycles. The average Bonchev–Trinajstić information content (AvgIpc) is 0.896. The molecular weight excluding hydrogens is 1400 g/mol. The molecule has 0 aliphatic heterocycles. The summed E-state index contributed by atoms with van der Waals surface area (Å²) in [6.07, 6.45) is 95.7. The zero-order valence-electron chi connectivity index (χ0n) is 66.9. The van der Waals surface area contributed by atoms with Crippen molar-refractivity contribution in [2.45, 2.75) is 316 Å². The third-order valence-electron chi connectivity index (χ3n) is 16.3. The van der Waals surface area contributed by atoms with Crippen molar-refractivity contribution in [1.29, 1.82) is 0 Å². The van der Waals surface area contributed by atoms with Gasteiger partial charge in [0.1, 0.15) is 19.3 Å². The number of unbranched alkanes of at least 4 members (excludes halogenated alkanes) is 19. The van der Waals surface area contributed by atoms with E-state index >= 15 is 0 Å². The van der Waals surface area contributed by atoms with Crippen LogP contribution in [0.25, 0.3) is 0 Å². The predicted octanol–water partition coefficient (Wildman–Crippen LogP) is 24.3. The number of ether oxygens (including phenoxy) is 4. The van der Waals surface area contributed by atoms with E-state index in [9.17, 15) is 43.2 Å². The molecule has 0 aromatic heterocycles. The molecule has 5 unspecified atom stereocenters. The molecule has 0 radical (unpaired) electrons. The Morgan fingerprint density at radius 3 is 0.750 bits per heavy atom. The zero-order chi connectivity index (χ0) is 78.9. The normalized spacial score (nSPS) is 14.8. The Balaban J connectivity index is 5.49. The number of aliphatic hydroxyl groups excluding tert-OH is 1. The number of carbonyl (C=O) groups is 4. The lowest BCUT2D eigenvalue weighted by Gasteiger charge is -2.21. The number of hydrogen-bond donors (Lipinski definition) is 3. The number of aliphatic hydroxyl groups is 1. The lowest BCUT2D eigenvalue weighted by molar-refractivity contribution is -0.161. The first-order chi connectivity index (χ1) is 52.7. The van der Waals surface area contributed by atoms with Gasteiger partial charge in [0.2, 0.25) is 0 Å². The van der Waals surface area contributed by atoms with Crippen molar-refractivity contribution in [3.63, 3.8) is 0 Å². The second-order valence-corrected chi connectivity index (χ2v) is 29.5. The fourth-order valence-electron chi connectivity index (χ4n) is 10.2. The Morgan fingerprint density at radius 2 is 0.481 bits per heavy atom. The first kappa shape index (κ1) is 102. The van der Waals surface area contributed by atoms with Crippen LogP contribution in [-0.4, -0.2) is 96.7 Å². The highest BCUT2D eigenvalue weighted by Crippen LogP contribution is 2.45. The molecule has 17 nitrogen and oxygen atoms in total. The Kier molecular flexibility index (Phi) is 75.0. The summed E-state index contributed by atoms with van der Waals surface area (Å²) in [6.45, 7) is 4.39. The summed E-state index contributed by atoms with van der Waals surface area (Å²) in [7, 11) is -10.0. The van der Waals surface area contributed by atoms with Crippen molar-refractivity contribution < 1.29 is 80.2 Å². The average molecular weight is 1550 g/mol. The van der Waals surface area contributed by atoms with Gasteiger partial charge in [-0.2, -0.15) is 0 Å². The summed E-state index contributed by atoms with van der Waals surface area (Å²) in [5.74, 6) is -2.30. The monoisotopic (exact) mass is 1550 g/mol. The fraction of sp³-hybridized carbons (Fsp3) is 0.618. The molecule has 0 aromatic carbocycles. The van der Waals surface area contributed by atoms with Gasteiger partial charge in [-0.15, -0.1) is 0 Å². The maximum atomic E-state index is 13.1. The summed E-state index contributed by atoms with van der Waals surface area (Å²) in [4.78, 5) is 73.2. The molecule has 108 heavy (non-hydrogen) atoms. The summed E-state index contributed by atoms with van der Waals surface area (Å²) in [5, 5.41) is 10.7. The van der Waals surface area contributed by atoms with Gasteiger partial charge in [-0.1, -0.05) is 274 Å². The van der Waals surface area contributed by atoms with Crippen molar-refractivity contribution in [2.75, 3.05) is 39.6 Å². The maximum Gasteiger partial charge on any atom is 0.472 e. The second-order valence-electron chi connectivity index (χ2n) is 26.6. The smallest absolute Gasteiger partial charge is 0.462 e. The van der Waals surface area contributed by atoms with Crippen molar-refractivity contribution >= 4 is 39.5 Å². The molecule has 612 valence electrons. The minimum Gasteiger partial charge on any atom is -0.462 e. The van der Waals surface area contributed by atoms with Gasteiger partial charge in [-0.05, 0) is 180 Å². The van der Waals surface area contributed by atoms with E-state index in [2.05, 4.69) is 210 Å². The van der Waals surface area contributed by atoms with E-state index in [4.69, 9.17) is 37.0 Å². The highest BCUT2D eigenvalue weighted by molar-refractivity contribution is 7.47. The summed E-state index contributed by atoms with van der Waals surface area (Å²) in [5.41, 5.74) is 0. The highest BCUT2D eigenvalue weighted by Gasteiger charge is 2.30. The first-order valence-corrected chi connectivity index (χ1v) is 44.0. The van der Waals surface area contributed by atoms with Crippen LogP contribution >= 0.6 is 15.6 Å². The Labute approximate surface area is 654 Å². The molecule has 0 aliphatic rings. The first-order valence-electron chi connectivity index (χ1n) is 41.0. The van der Waals surface area contributed by atoms with E-state index < -0.39 is 97.5 Å². The topological polar surface area (TPSA) is 237 Å². The Hall–Kier alpha value is -5.84. The Morgan fingerprint density at radius 1 is 0.269 bits per heavy atom. The van der Waals surface area contributed by atoms with Crippen molar-refractivity contribution in [3.05, 3.63) is 182 Å². The van der Waals surface area contributed by atoms with E-state index in [-0.39, 0.29) is 25.7 Å². The number of carbonyl (C=O) groups excluding carboxylic acids is 4. The van der Waals surface area contributed by atoms with E-state index in [1.165, 1.54) is 19.3 Å². The molecule has 0 aromatic rings. The SMILES string of the molecule is CC/C=C\C/C=C\C/C=C\C/C=C\C/C=C\CCCCCC(=O)OCC(COP(=O)(O)OCC(O)COP(=O)(O)OCC(COC(=O)CCCCCCC/C=C\C/C=C\C/C=C\CC)OC(=O)CCCCCCC/C=C\C/C=C\CCCCC)OC(=O)CCCCC/C=C\C/C=C\C/C=C\C/C=C\C/C=C\CC. The van der Waals surface area contributed by atoms with Crippen LogP contribution in [-0.2, 0) is 65.4 Å². The van der Waals surface area contributed by atoms with Gasteiger partial charge in [0, 0.05) is 25.7 Å². The largest absolute Gasteiger partial charge is 0.472 e. The molecule has 0 rings (SSSR count). The number of hydrogen-bond acceptors (Lipinski definition) is 15. The maximum absolute atomic E-state index is 13.1. The van der Waals surface area contributed by atoms with E-state index in [1.54, 1.807) is 0 Å². The molecule has 19 heteroatoms. The van der Waals surface area contributed by atoms with E-state index in [0.29, 0.717) is 25.7 Å². The van der Waals surface area contributed by atoms with Crippen LogP contribution in [0.15, 0.2) is 182 Å². The molecule has 0 bridgehead atoms. The van der Waals surface area contributed by atoms with Gasteiger partial charge in [0.25, 0.3) is 0 Å². The van der Waals surface area contributed by atoms with Crippen LogP contribution in [0.5, 0.6) is 0 Å². The van der Waals surface area contributed by atoms with Gasteiger partial charge >= 0.3 is 39.5 Å². The van der Waals surface area contributed by atoms with Crippen molar-refractivity contribution in [3.8, 4) is 0 Å². The molecule has 0 amide bonds. The van der Waals surface area contributed by atoms with Gasteiger partial charge in [0.15, 0.2) is 12.2 Å². The quantitative estimate of drug-likeness (QED) is 0.0169. The standard InChI is InChI=1S/C89H144O17P2/c1-5-9-13-17-21-25-29-33-37-39-41-43-47-50-54-58-62-66-70-74-87(92)100-80-85(106-89(94)76-72-68-64-60-56-52-48-44-42-40-38-34-30-26-22-18-14-10-6-2)82-104-108(97,98)102-78-83(90)77-101-107(95,96)103-81-84(105-88(93)75-71-67-63-59-55-51-46-36-32-28-24-20-16-12-8-4)79-99-86(91)73-69-65-61-57-53-49-45-35-31-27-23-19-15-11-7-3/h9-11,13-15,21-28,33-38,41-46,50,52,54,56,83-85,90H,5-8,12,16-20,29-32,39-40,47-49,51,53,55,57-82H2,1-4H3,(H,95,96)(H,97,98)/b13-9-,14-10-,15-11-,25-21-,26-22-,27-23-,28-24-,37-33-,38-34-,43-41-,44-42-,45-35-,46-36-,54-50-,56-52-. The number of phosphoric acid groups is 2. The van der Waals surface area contributed by atoms with Crippen LogP contribution in [0.4, 0.5) is 0 Å². The predicted molar refractivity (Wildman–Crippen MR) is 445 cm³/mol. The summed E-state index contributed by atoms with van der Waals surface area (Å²) >= 11 is 0. The van der Waals surface area contributed by atoms with Crippen LogP contribution in [0.2, 0.25) is 0 Å². The number of esters is 4. The van der Waals surface area contributed by atoms with Crippen molar-refractivity contribution in [1.82, 2.24) is 0 Å². The van der Waals surface area contributed by atoms with Crippen LogP contribution in [0.3, 0.4) is 0 Å². The molecule has 0 aliphatic carbocycles. The lowest BCUT2D eigenvalue weighted by Crippen LogP contribution is -2.30. The van der Waals surface area contributed by atoms with Gasteiger partial charge in [-0.3, -0.25) is 37.3 Å². The zero-order valence-corrected chi connectivity index (χ0v) is 68.7. The minimum atomic E-state index is -5.01. The summed E-state index contributed by atoms with van der Waals surface area (Å²) in [6, 6.07) is 0. The third-order valence-corrected chi connectivity index (χ3v) is 18.2. The number of rotatable bonds is 75. The fourth-order valence-corrected chi connectivity index (χ4v) is 11.8. The molecule has 5 atom stereocenters. The van der Waals surface area contributed by atoms with Gasteiger partial charge in [-0.25, -0.2) is 9.13 Å². The molecule has 0 saturated heterocycles. The van der Waals surface area contributed by atoms with Crippen molar-refractivity contribution in [2.24, 2.45) is 0 Å². The van der Waals surface area contributed by atoms with Crippen LogP contribution in [0, 0.1) is 0 Å².